The predicted molar refractivity (Wildman–Crippen MR) is 89.0 cm³/mol. The second-order valence-corrected chi connectivity index (χ2v) is 13.7. The van der Waals surface area contributed by atoms with Crippen molar-refractivity contribution in [3.63, 3.8) is 0 Å². The van der Waals surface area contributed by atoms with Crippen molar-refractivity contribution in [3.05, 3.63) is 0 Å². The van der Waals surface area contributed by atoms with Gasteiger partial charge in [-0.15, -0.1) is 0 Å². The van der Waals surface area contributed by atoms with Crippen LogP contribution in [-0.2, 0) is 4.79 Å². The van der Waals surface area contributed by atoms with Gasteiger partial charge < -0.3 is 0 Å². The SMILES string of the molecule is CCC[C@H](I)C(=O)[C@H](CC)[Si](C)(C)C(C)(C)C. The van der Waals surface area contributed by atoms with Crippen LogP contribution in [0.2, 0.25) is 23.7 Å². The average molecular weight is 368 g/mol. The number of hydrogen-bond acceptors (Lipinski definition) is 1. The number of ketones is 1. The first-order valence-corrected chi connectivity index (χ1v) is 11.1. The van der Waals surface area contributed by atoms with Gasteiger partial charge >= 0.3 is 0 Å². The third kappa shape index (κ3) is 4.34. The molecular formula is C14H29IOSi. The van der Waals surface area contributed by atoms with E-state index in [1.165, 1.54) is 0 Å². The Kier molecular flexibility index (Phi) is 6.93. The molecule has 0 aromatic heterocycles. The molecular weight excluding hydrogens is 339 g/mol. The summed E-state index contributed by atoms with van der Waals surface area (Å²) >= 11 is 2.35. The van der Waals surface area contributed by atoms with Gasteiger partial charge in [-0.05, 0) is 17.9 Å². The molecule has 3 heteroatoms. The smallest absolute Gasteiger partial charge is 0.146 e. The predicted octanol–water partition coefficient (Wildman–Crippen LogP) is 5.45. The highest BCUT2D eigenvalue weighted by atomic mass is 127. The van der Waals surface area contributed by atoms with Gasteiger partial charge in [0.05, 0.1) is 12.0 Å². The number of carbonyl (C=O) groups is 1. The topological polar surface area (TPSA) is 17.1 Å². The van der Waals surface area contributed by atoms with Gasteiger partial charge in [-0.3, -0.25) is 4.79 Å². The molecule has 0 aromatic rings. The Morgan fingerprint density at radius 1 is 1.24 bits per heavy atom. The highest BCUT2D eigenvalue weighted by Crippen LogP contribution is 2.46. The fourth-order valence-electron chi connectivity index (χ4n) is 2.20. The number of hydrogen-bond donors (Lipinski definition) is 0. The van der Waals surface area contributed by atoms with E-state index in [0.717, 1.165) is 19.3 Å². The first-order valence-electron chi connectivity index (χ1n) is 6.77. The van der Waals surface area contributed by atoms with Crippen molar-refractivity contribution in [1.29, 1.82) is 0 Å². The van der Waals surface area contributed by atoms with Crippen molar-refractivity contribution in [2.45, 2.75) is 81.5 Å². The summed E-state index contributed by atoms with van der Waals surface area (Å²) in [7, 11) is -1.54. The van der Waals surface area contributed by atoms with E-state index >= 15 is 0 Å². The highest BCUT2D eigenvalue weighted by molar-refractivity contribution is 14.1. The van der Waals surface area contributed by atoms with Gasteiger partial charge in [0.15, 0.2) is 0 Å². The van der Waals surface area contributed by atoms with Crippen LogP contribution < -0.4 is 0 Å². The van der Waals surface area contributed by atoms with E-state index in [0.29, 0.717) is 16.4 Å². The van der Waals surface area contributed by atoms with Gasteiger partial charge in [0.25, 0.3) is 0 Å². The Morgan fingerprint density at radius 3 is 2.00 bits per heavy atom. The van der Waals surface area contributed by atoms with E-state index < -0.39 is 8.07 Å². The van der Waals surface area contributed by atoms with Crippen LogP contribution in [0.3, 0.4) is 0 Å². The zero-order valence-electron chi connectivity index (χ0n) is 12.6. The minimum Gasteiger partial charge on any atom is -0.299 e. The quantitative estimate of drug-likeness (QED) is 0.346. The number of halogens is 1. The van der Waals surface area contributed by atoms with Gasteiger partial charge in [0.1, 0.15) is 5.78 Å². The van der Waals surface area contributed by atoms with Crippen LogP contribution in [0.25, 0.3) is 0 Å². The van der Waals surface area contributed by atoms with Gasteiger partial charge in [0.2, 0.25) is 0 Å². The van der Waals surface area contributed by atoms with E-state index in [1.807, 2.05) is 0 Å². The molecule has 0 spiro atoms. The fraction of sp³-hybridized carbons (Fsp3) is 0.929. The van der Waals surface area contributed by atoms with E-state index in [4.69, 9.17) is 0 Å². The van der Waals surface area contributed by atoms with Gasteiger partial charge in [-0.25, -0.2) is 0 Å². The zero-order chi connectivity index (χ0) is 13.9. The summed E-state index contributed by atoms with van der Waals surface area (Å²) in [5, 5.41) is 0.298. The van der Waals surface area contributed by atoms with Crippen molar-refractivity contribution in [1.82, 2.24) is 0 Å². The van der Waals surface area contributed by atoms with Crippen LogP contribution in [0.5, 0.6) is 0 Å². The standard InChI is InChI=1S/C14H29IOSi/c1-8-10-11(15)13(16)12(9-2)17(6,7)14(3,4)5/h11-12H,8-10H2,1-7H3/t11-,12-/m0/s1. The van der Waals surface area contributed by atoms with Crippen LogP contribution >= 0.6 is 22.6 Å². The second kappa shape index (κ2) is 6.69. The van der Waals surface area contributed by atoms with Crippen molar-refractivity contribution in [2.24, 2.45) is 0 Å². The van der Waals surface area contributed by atoms with E-state index in [2.05, 4.69) is 70.3 Å². The molecule has 0 rings (SSSR count). The third-order valence-corrected chi connectivity index (χ3v) is 11.9. The lowest BCUT2D eigenvalue weighted by Crippen LogP contribution is -2.46. The van der Waals surface area contributed by atoms with Gasteiger partial charge in [-0.1, -0.05) is 76.7 Å². The highest BCUT2D eigenvalue weighted by Gasteiger charge is 2.45. The largest absolute Gasteiger partial charge is 0.299 e. The average Bonchev–Trinajstić information content (AvgIpc) is 2.16. The van der Waals surface area contributed by atoms with Crippen LogP contribution in [0.4, 0.5) is 0 Å². The maximum absolute atomic E-state index is 12.6. The van der Waals surface area contributed by atoms with Crippen molar-refractivity contribution < 1.29 is 4.79 Å². The van der Waals surface area contributed by atoms with Gasteiger partial charge in [-0.2, -0.15) is 0 Å². The molecule has 2 atom stereocenters. The van der Waals surface area contributed by atoms with Crippen molar-refractivity contribution in [3.8, 4) is 0 Å². The molecule has 0 aliphatic heterocycles. The monoisotopic (exact) mass is 368 g/mol. The summed E-state index contributed by atoms with van der Waals surface area (Å²) in [6.45, 7) is 16.0. The number of carbonyl (C=O) groups excluding carboxylic acids is 1. The molecule has 0 saturated heterocycles. The Morgan fingerprint density at radius 2 is 1.71 bits per heavy atom. The summed E-state index contributed by atoms with van der Waals surface area (Å²) in [5.41, 5.74) is 0.316. The Balaban J connectivity index is 5.02. The molecule has 0 fully saturated rings. The molecule has 0 bridgehead atoms. The lowest BCUT2D eigenvalue weighted by atomic mass is 10.1. The normalized spacial score (nSPS) is 16.7. The lowest BCUT2D eigenvalue weighted by Gasteiger charge is -2.43. The third-order valence-electron chi connectivity index (χ3n) is 4.41. The molecule has 102 valence electrons. The minimum absolute atomic E-state index is 0.219. The summed E-state index contributed by atoms with van der Waals surface area (Å²) in [6.07, 6.45) is 3.15. The Hall–Kier alpha value is 0.617. The summed E-state index contributed by atoms with van der Waals surface area (Å²) < 4.78 is 0.219. The minimum atomic E-state index is -1.54. The molecule has 0 saturated carbocycles. The van der Waals surface area contributed by atoms with Gasteiger partial charge in [0, 0.05) is 5.54 Å². The Bertz CT molecular complexity index is 255. The first-order chi connectivity index (χ1) is 7.59. The Labute approximate surface area is 122 Å². The summed E-state index contributed by atoms with van der Waals surface area (Å²) in [4.78, 5) is 12.6. The molecule has 0 heterocycles. The van der Waals surface area contributed by atoms with Crippen molar-refractivity contribution >= 4 is 36.4 Å². The second-order valence-electron chi connectivity index (χ2n) is 6.59. The van der Waals surface area contributed by atoms with Crippen molar-refractivity contribution in [2.75, 3.05) is 0 Å². The molecule has 0 radical (unpaired) electrons. The molecule has 0 aliphatic carbocycles. The first kappa shape index (κ1) is 17.6. The van der Waals surface area contributed by atoms with E-state index in [9.17, 15) is 4.79 Å². The van der Waals surface area contributed by atoms with Crippen LogP contribution in [0, 0.1) is 0 Å². The fourth-order valence-corrected chi connectivity index (χ4v) is 6.58. The molecule has 0 aliphatic rings. The van der Waals surface area contributed by atoms with E-state index in [-0.39, 0.29) is 3.92 Å². The summed E-state index contributed by atoms with van der Waals surface area (Å²) in [6, 6.07) is 0. The van der Waals surface area contributed by atoms with Crippen LogP contribution in [0.1, 0.15) is 53.9 Å². The molecule has 0 N–H and O–H groups in total. The number of rotatable bonds is 6. The molecule has 1 nitrogen and oxygen atoms in total. The lowest BCUT2D eigenvalue weighted by molar-refractivity contribution is -0.118. The summed E-state index contributed by atoms with van der Waals surface area (Å²) in [5.74, 6) is 0.515. The zero-order valence-corrected chi connectivity index (χ0v) is 15.7. The maximum atomic E-state index is 12.6. The van der Waals surface area contributed by atoms with Crippen LogP contribution in [0.15, 0.2) is 0 Å². The molecule has 0 amide bonds. The molecule has 17 heavy (non-hydrogen) atoms. The van der Waals surface area contributed by atoms with E-state index in [1.54, 1.807) is 0 Å². The molecule has 0 unspecified atom stereocenters. The number of Topliss-reactive ketones (excluding diaryl/α,β-unsaturated/α-hetero) is 1. The van der Waals surface area contributed by atoms with Crippen LogP contribution in [-0.4, -0.2) is 17.8 Å². The number of alkyl halides is 1. The molecule has 0 aromatic carbocycles. The maximum Gasteiger partial charge on any atom is 0.146 e.